The second-order valence-corrected chi connectivity index (χ2v) is 10.8. The molecule has 1 saturated carbocycles. The molecule has 1 aliphatic rings. The molecule has 2 aromatic carbocycles. The SMILES string of the molecule is Cc1nn2c(=O)n(Cc3ccccc3)c([C@@H](C3CC3)N(CCCN)C(=O)c3ccc(Br)cc3)cc2c1Cl. The minimum atomic E-state index is -0.296. The van der Waals surface area contributed by atoms with Crippen LogP contribution in [-0.2, 0) is 6.54 Å². The molecule has 2 aromatic heterocycles. The van der Waals surface area contributed by atoms with Gasteiger partial charge in [0.05, 0.1) is 28.8 Å². The van der Waals surface area contributed by atoms with Crippen LogP contribution in [0.15, 0.2) is 69.9 Å². The lowest BCUT2D eigenvalue weighted by Gasteiger charge is -2.34. The molecule has 2 heterocycles. The van der Waals surface area contributed by atoms with Crippen molar-refractivity contribution >= 4 is 39.0 Å². The highest BCUT2D eigenvalue weighted by molar-refractivity contribution is 9.10. The van der Waals surface area contributed by atoms with Crippen LogP contribution in [0.5, 0.6) is 0 Å². The molecule has 0 aliphatic heterocycles. The number of aryl methyl sites for hydroxylation is 1. The average Bonchev–Trinajstić information content (AvgIpc) is 3.70. The summed E-state index contributed by atoms with van der Waals surface area (Å²) in [5.41, 5.74) is 9.13. The highest BCUT2D eigenvalue weighted by Gasteiger charge is 2.40. The van der Waals surface area contributed by atoms with Gasteiger partial charge in [-0.3, -0.25) is 9.36 Å². The fraction of sp³-hybridized carbons (Fsp3) is 0.321. The molecule has 0 spiro atoms. The van der Waals surface area contributed by atoms with Gasteiger partial charge in [-0.25, -0.2) is 4.79 Å². The molecule has 9 heteroatoms. The molecule has 0 saturated heterocycles. The number of carbonyl (C=O) groups is 1. The summed E-state index contributed by atoms with van der Waals surface area (Å²) in [6.45, 7) is 3.11. The van der Waals surface area contributed by atoms with Crippen molar-refractivity contribution < 1.29 is 4.79 Å². The monoisotopic (exact) mass is 581 g/mol. The topological polar surface area (TPSA) is 85.6 Å². The third-order valence-corrected chi connectivity index (χ3v) is 7.87. The lowest BCUT2D eigenvalue weighted by atomic mass is 10.0. The van der Waals surface area contributed by atoms with Crippen molar-refractivity contribution in [3.8, 4) is 0 Å². The summed E-state index contributed by atoms with van der Waals surface area (Å²) in [7, 11) is 0. The zero-order chi connectivity index (χ0) is 26.1. The number of carbonyl (C=O) groups excluding carboxylic acids is 1. The number of hydrogen-bond donors (Lipinski definition) is 1. The summed E-state index contributed by atoms with van der Waals surface area (Å²) < 4.78 is 4.02. The summed E-state index contributed by atoms with van der Waals surface area (Å²) in [6.07, 6.45) is 2.62. The van der Waals surface area contributed by atoms with Crippen molar-refractivity contribution in [2.45, 2.75) is 38.8 Å². The Hall–Kier alpha value is -2.94. The van der Waals surface area contributed by atoms with Crippen molar-refractivity contribution in [1.82, 2.24) is 19.1 Å². The van der Waals surface area contributed by atoms with Gasteiger partial charge in [0, 0.05) is 22.3 Å². The summed E-state index contributed by atoms with van der Waals surface area (Å²) in [5, 5.41) is 4.86. The Bertz CT molecular complexity index is 1480. The molecule has 0 bridgehead atoms. The standard InChI is InChI=1S/C28H29BrClN5O2/c1-18-25(30)23-16-24(34(28(37)35(23)32-18)17-19-6-3-2-4-7-19)26(20-8-9-20)33(15-5-14-31)27(36)21-10-12-22(29)13-11-21/h2-4,6-7,10-13,16,20,26H,5,8-9,14-15,17,31H2,1H3/t26-/m1/s1. The Balaban J connectivity index is 1.69. The molecule has 37 heavy (non-hydrogen) atoms. The number of aromatic nitrogens is 3. The average molecular weight is 583 g/mol. The second-order valence-electron chi connectivity index (χ2n) is 9.55. The maximum absolute atomic E-state index is 13.9. The van der Waals surface area contributed by atoms with E-state index in [4.69, 9.17) is 17.3 Å². The van der Waals surface area contributed by atoms with Crippen LogP contribution in [-0.4, -0.2) is 38.1 Å². The van der Waals surface area contributed by atoms with Crippen molar-refractivity contribution in [3.05, 3.63) is 103 Å². The zero-order valence-corrected chi connectivity index (χ0v) is 23.0. The van der Waals surface area contributed by atoms with E-state index in [1.807, 2.05) is 65.6 Å². The third-order valence-electron chi connectivity index (χ3n) is 6.88. The molecular formula is C28H29BrClN5O2. The summed E-state index contributed by atoms with van der Waals surface area (Å²) >= 11 is 10.1. The van der Waals surface area contributed by atoms with Crippen molar-refractivity contribution in [3.63, 3.8) is 0 Å². The van der Waals surface area contributed by atoms with Crippen LogP contribution in [0.4, 0.5) is 0 Å². The Morgan fingerprint density at radius 1 is 1.19 bits per heavy atom. The molecule has 1 fully saturated rings. The fourth-order valence-electron chi connectivity index (χ4n) is 4.86. The van der Waals surface area contributed by atoms with Crippen LogP contribution in [0, 0.1) is 12.8 Å². The molecule has 1 amide bonds. The molecule has 4 aromatic rings. The van der Waals surface area contributed by atoms with Crippen LogP contribution in [0.2, 0.25) is 5.02 Å². The number of nitrogens with two attached hydrogens (primary N) is 1. The van der Waals surface area contributed by atoms with E-state index in [0.717, 1.165) is 28.6 Å². The van der Waals surface area contributed by atoms with Gasteiger partial charge in [-0.15, -0.1) is 0 Å². The van der Waals surface area contributed by atoms with Crippen molar-refractivity contribution in [2.24, 2.45) is 11.7 Å². The van der Waals surface area contributed by atoms with E-state index in [1.165, 1.54) is 4.52 Å². The summed E-state index contributed by atoms with van der Waals surface area (Å²) in [4.78, 5) is 29.7. The Kier molecular flexibility index (Phi) is 7.51. The predicted octanol–water partition coefficient (Wildman–Crippen LogP) is 5.21. The zero-order valence-electron chi connectivity index (χ0n) is 20.6. The van der Waals surface area contributed by atoms with E-state index in [1.54, 1.807) is 11.5 Å². The lowest BCUT2D eigenvalue weighted by molar-refractivity contribution is 0.0640. The normalized spacial score (nSPS) is 14.2. The van der Waals surface area contributed by atoms with E-state index in [2.05, 4.69) is 21.0 Å². The number of nitrogens with zero attached hydrogens (tertiary/aromatic N) is 4. The first-order chi connectivity index (χ1) is 17.9. The number of halogens is 2. The number of benzene rings is 2. The lowest BCUT2D eigenvalue weighted by Crippen LogP contribution is -2.41. The molecule has 0 radical (unpaired) electrons. The second kappa shape index (κ2) is 10.8. The first kappa shape index (κ1) is 25.7. The summed E-state index contributed by atoms with van der Waals surface area (Å²) in [5.74, 6) is 0.163. The van der Waals surface area contributed by atoms with Crippen LogP contribution >= 0.6 is 27.5 Å². The van der Waals surface area contributed by atoms with Gasteiger partial charge in [-0.2, -0.15) is 9.61 Å². The van der Waals surface area contributed by atoms with Gasteiger partial charge in [-0.05, 0) is 74.5 Å². The number of fused-ring (bicyclic) bond motifs is 1. The van der Waals surface area contributed by atoms with Crippen LogP contribution < -0.4 is 11.4 Å². The fourth-order valence-corrected chi connectivity index (χ4v) is 5.30. The Morgan fingerprint density at radius 2 is 1.89 bits per heavy atom. The Labute approximate surface area is 229 Å². The molecule has 192 valence electrons. The minimum absolute atomic E-state index is 0.0766. The van der Waals surface area contributed by atoms with Crippen LogP contribution in [0.1, 0.15) is 52.6 Å². The maximum atomic E-state index is 13.9. The molecule has 1 aliphatic carbocycles. The molecule has 0 unspecified atom stereocenters. The number of hydrogen-bond acceptors (Lipinski definition) is 4. The first-order valence-corrected chi connectivity index (χ1v) is 13.6. The van der Waals surface area contributed by atoms with Gasteiger partial charge in [-0.1, -0.05) is 57.9 Å². The van der Waals surface area contributed by atoms with E-state index < -0.39 is 0 Å². The van der Waals surface area contributed by atoms with Gasteiger partial charge in [0.25, 0.3) is 5.91 Å². The quantitative estimate of drug-likeness (QED) is 0.294. The highest BCUT2D eigenvalue weighted by Crippen LogP contribution is 2.45. The largest absolute Gasteiger partial charge is 0.349 e. The number of amides is 1. The highest BCUT2D eigenvalue weighted by atomic mass is 79.9. The Morgan fingerprint density at radius 3 is 2.54 bits per heavy atom. The third kappa shape index (κ3) is 5.23. The predicted molar refractivity (Wildman–Crippen MR) is 149 cm³/mol. The minimum Gasteiger partial charge on any atom is -0.330 e. The van der Waals surface area contributed by atoms with E-state index in [0.29, 0.717) is 47.9 Å². The van der Waals surface area contributed by atoms with Crippen molar-refractivity contribution in [1.29, 1.82) is 0 Å². The van der Waals surface area contributed by atoms with Gasteiger partial charge in [0.2, 0.25) is 0 Å². The first-order valence-electron chi connectivity index (χ1n) is 12.5. The molecule has 2 N–H and O–H groups in total. The molecular weight excluding hydrogens is 554 g/mol. The van der Waals surface area contributed by atoms with Gasteiger partial charge in [0.15, 0.2) is 0 Å². The molecule has 7 nitrogen and oxygen atoms in total. The van der Waals surface area contributed by atoms with E-state index >= 15 is 0 Å². The summed E-state index contributed by atoms with van der Waals surface area (Å²) in [6, 6.07) is 18.9. The smallest absolute Gasteiger partial charge is 0.330 e. The van der Waals surface area contributed by atoms with Gasteiger partial charge in [0.1, 0.15) is 0 Å². The number of rotatable bonds is 9. The van der Waals surface area contributed by atoms with Gasteiger partial charge < -0.3 is 10.6 Å². The van der Waals surface area contributed by atoms with Crippen LogP contribution in [0.25, 0.3) is 5.52 Å². The van der Waals surface area contributed by atoms with Crippen molar-refractivity contribution in [2.75, 3.05) is 13.1 Å². The van der Waals surface area contributed by atoms with E-state index in [9.17, 15) is 9.59 Å². The van der Waals surface area contributed by atoms with Gasteiger partial charge >= 0.3 is 5.69 Å². The molecule has 1 atom stereocenters. The maximum Gasteiger partial charge on any atom is 0.349 e. The van der Waals surface area contributed by atoms with E-state index in [-0.39, 0.29) is 23.6 Å². The molecule has 5 rings (SSSR count). The van der Waals surface area contributed by atoms with Crippen LogP contribution in [0.3, 0.4) is 0 Å².